The van der Waals surface area contributed by atoms with Crippen LogP contribution in [0.1, 0.15) is 49.9 Å². The van der Waals surface area contributed by atoms with Crippen molar-refractivity contribution in [2.75, 3.05) is 20.2 Å². The SMILES string of the molecule is COC(=O)CCn1cc(/C=C2\CN(C(C(=O)C3CC3)c3ccccc3F)CCC2SC(C)=O)nn1. The minimum absolute atomic E-state index is 0.00999. The molecule has 1 aliphatic heterocycles. The van der Waals surface area contributed by atoms with Crippen LogP contribution in [-0.2, 0) is 25.7 Å². The van der Waals surface area contributed by atoms with E-state index in [1.165, 1.54) is 31.9 Å². The van der Waals surface area contributed by atoms with Crippen LogP contribution < -0.4 is 0 Å². The topological polar surface area (TPSA) is 94.4 Å². The average molecular weight is 501 g/mol. The first kappa shape index (κ1) is 25.2. The Bertz CT molecular complexity index is 1130. The van der Waals surface area contributed by atoms with Gasteiger partial charge in [0.15, 0.2) is 10.9 Å². The molecule has 2 fully saturated rings. The quantitative estimate of drug-likeness (QED) is 0.484. The molecule has 0 radical (unpaired) electrons. The molecule has 0 bridgehead atoms. The molecule has 1 aliphatic carbocycles. The van der Waals surface area contributed by atoms with Crippen LogP contribution in [0.4, 0.5) is 4.39 Å². The number of esters is 1. The number of Topliss-reactive ketones (excluding diaryl/α,β-unsaturated/α-hetero) is 1. The smallest absolute Gasteiger partial charge is 0.307 e. The number of hydrogen-bond donors (Lipinski definition) is 0. The van der Waals surface area contributed by atoms with E-state index in [0.29, 0.717) is 37.3 Å². The van der Waals surface area contributed by atoms with Gasteiger partial charge in [-0.15, -0.1) is 5.10 Å². The third-order valence-electron chi connectivity index (χ3n) is 6.26. The highest BCUT2D eigenvalue weighted by atomic mass is 32.2. The molecule has 2 unspecified atom stereocenters. The number of aryl methyl sites for hydroxylation is 1. The van der Waals surface area contributed by atoms with Crippen molar-refractivity contribution in [1.29, 1.82) is 0 Å². The fourth-order valence-electron chi connectivity index (χ4n) is 4.38. The van der Waals surface area contributed by atoms with E-state index in [0.717, 1.165) is 18.4 Å². The molecule has 2 aliphatic rings. The second-order valence-corrected chi connectivity index (χ2v) is 10.3. The van der Waals surface area contributed by atoms with Crippen LogP contribution in [0.25, 0.3) is 6.08 Å². The molecule has 186 valence electrons. The fraction of sp³-hybridized carbons (Fsp3) is 0.480. The van der Waals surface area contributed by atoms with Crippen LogP contribution in [0.3, 0.4) is 0 Å². The van der Waals surface area contributed by atoms with Gasteiger partial charge in [-0.05, 0) is 37.0 Å². The van der Waals surface area contributed by atoms with Crippen LogP contribution in [0.5, 0.6) is 0 Å². The summed E-state index contributed by atoms with van der Waals surface area (Å²) in [5.74, 6) is -0.682. The maximum absolute atomic E-state index is 14.8. The molecule has 1 aromatic heterocycles. The van der Waals surface area contributed by atoms with E-state index < -0.39 is 6.04 Å². The molecule has 0 N–H and O–H groups in total. The average Bonchev–Trinajstić information content (AvgIpc) is 3.60. The van der Waals surface area contributed by atoms with Crippen LogP contribution in [0, 0.1) is 11.7 Å². The number of nitrogens with zero attached hydrogens (tertiary/aromatic N) is 4. The molecule has 8 nitrogen and oxygen atoms in total. The molecule has 0 amide bonds. The molecule has 1 aromatic carbocycles. The third kappa shape index (κ3) is 6.43. The van der Waals surface area contributed by atoms with Gasteiger partial charge in [0.2, 0.25) is 0 Å². The number of methoxy groups -OCH3 is 1. The van der Waals surface area contributed by atoms with E-state index in [1.54, 1.807) is 29.1 Å². The second-order valence-electron chi connectivity index (χ2n) is 8.91. The maximum Gasteiger partial charge on any atom is 0.307 e. The van der Waals surface area contributed by atoms with Crippen LogP contribution >= 0.6 is 11.8 Å². The normalized spacial score (nSPS) is 20.5. The van der Waals surface area contributed by atoms with Gasteiger partial charge in [-0.25, -0.2) is 4.39 Å². The Morgan fingerprint density at radius 2 is 2.03 bits per heavy atom. The van der Waals surface area contributed by atoms with Crippen molar-refractivity contribution in [3.05, 3.63) is 53.1 Å². The number of benzene rings is 1. The van der Waals surface area contributed by atoms with E-state index in [4.69, 9.17) is 0 Å². The number of likely N-dealkylation sites (tertiary alicyclic amines) is 1. The van der Waals surface area contributed by atoms with Gasteiger partial charge in [-0.2, -0.15) is 0 Å². The number of thioether (sulfide) groups is 1. The zero-order valence-corrected chi connectivity index (χ0v) is 20.7. The molecule has 2 heterocycles. The summed E-state index contributed by atoms with van der Waals surface area (Å²) in [5.41, 5.74) is 1.92. The summed E-state index contributed by atoms with van der Waals surface area (Å²) in [6.45, 7) is 2.87. The number of carbonyl (C=O) groups excluding carboxylic acids is 3. The highest BCUT2D eigenvalue weighted by molar-refractivity contribution is 8.14. The predicted molar refractivity (Wildman–Crippen MR) is 130 cm³/mol. The zero-order chi connectivity index (χ0) is 24.9. The zero-order valence-electron chi connectivity index (χ0n) is 19.9. The van der Waals surface area contributed by atoms with Gasteiger partial charge in [0.25, 0.3) is 0 Å². The third-order valence-corrected chi connectivity index (χ3v) is 7.42. The maximum atomic E-state index is 14.8. The summed E-state index contributed by atoms with van der Waals surface area (Å²) in [6.07, 6.45) is 6.13. The summed E-state index contributed by atoms with van der Waals surface area (Å²) in [4.78, 5) is 38.6. The standard InChI is InChI=1S/C25H29FN4O4S/c1-16(31)35-22-9-11-29(24(25(33)17-7-8-17)20-5-3-4-6-21(20)26)14-18(22)13-19-15-30(28-27-19)12-10-23(32)34-2/h3-6,13,15,17,22,24H,7-12,14H2,1-2H3/b18-13+. The number of ether oxygens (including phenoxy) is 1. The monoisotopic (exact) mass is 500 g/mol. The number of aromatic nitrogens is 3. The van der Waals surface area contributed by atoms with Crippen LogP contribution in [-0.4, -0.2) is 62.2 Å². The van der Waals surface area contributed by atoms with Crippen molar-refractivity contribution in [2.24, 2.45) is 5.92 Å². The molecule has 2 atom stereocenters. The van der Waals surface area contributed by atoms with Crippen molar-refractivity contribution >= 4 is 34.7 Å². The molecule has 35 heavy (non-hydrogen) atoms. The summed E-state index contributed by atoms with van der Waals surface area (Å²) in [7, 11) is 1.34. The minimum Gasteiger partial charge on any atom is -0.469 e. The van der Waals surface area contributed by atoms with Crippen LogP contribution in [0.15, 0.2) is 36.0 Å². The van der Waals surface area contributed by atoms with Crippen molar-refractivity contribution < 1.29 is 23.5 Å². The van der Waals surface area contributed by atoms with Gasteiger partial charge in [0, 0.05) is 36.7 Å². The first-order valence-electron chi connectivity index (χ1n) is 11.7. The molecule has 10 heteroatoms. The fourth-order valence-corrected chi connectivity index (χ4v) is 5.30. The minimum atomic E-state index is -0.661. The lowest BCUT2D eigenvalue weighted by Gasteiger charge is -2.38. The summed E-state index contributed by atoms with van der Waals surface area (Å²) >= 11 is 1.26. The molecule has 2 aromatic rings. The Morgan fingerprint density at radius 3 is 2.71 bits per heavy atom. The molecule has 1 saturated carbocycles. The van der Waals surface area contributed by atoms with Gasteiger partial charge in [0.05, 0.1) is 32.3 Å². The summed E-state index contributed by atoms with van der Waals surface area (Å²) in [6, 6.07) is 5.80. The van der Waals surface area contributed by atoms with Gasteiger partial charge in [-0.3, -0.25) is 24.0 Å². The van der Waals surface area contributed by atoms with Gasteiger partial charge in [-0.1, -0.05) is 35.2 Å². The molecule has 1 saturated heterocycles. The Kier molecular flexibility index (Phi) is 8.12. The lowest BCUT2D eigenvalue weighted by Crippen LogP contribution is -2.43. The van der Waals surface area contributed by atoms with Gasteiger partial charge in [0.1, 0.15) is 11.5 Å². The highest BCUT2D eigenvalue weighted by Gasteiger charge is 2.41. The Hall–Kier alpha value is -2.85. The predicted octanol–water partition coefficient (Wildman–Crippen LogP) is 3.44. The van der Waals surface area contributed by atoms with Gasteiger partial charge < -0.3 is 4.74 Å². The second kappa shape index (κ2) is 11.3. The number of hydrogen-bond acceptors (Lipinski definition) is 8. The molecular weight excluding hydrogens is 471 g/mol. The van der Waals surface area contributed by atoms with Crippen molar-refractivity contribution in [2.45, 2.75) is 50.4 Å². The molecular formula is C25H29FN4O4S. The summed E-state index contributed by atoms with van der Waals surface area (Å²) < 4.78 is 21.0. The Labute approximate surface area is 207 Å². The number of carbonyl (C=O) groups is 3. The lowest BCUT2D eigenvalue weighted by molar-refractivity contribution is -0.140. The first-order valence-corrected chi connectivity index (χ1v) is 12.6. The highest BCUT2D eigenvalue weighted by Crippen LogP contribution is 2.40. The number of ketones is 1. The number of halogens is 1. The van der Waals surface area contributed by atoms with Crippen molar-refractivity contribution in [1.82, 2.24) is 19.9 Å². The molecule has 0 spiro atoms. The Morgan fingerprint density at radius 1 is 1.26 bits per heavy atom. The molecule has 4 rings (SSSR count). The summed E-state index contributed by atoms with van der Waals surface area (Å²) in [5, 5.41) is 8.20. The van der Waals surface area contributed by atoms with E-state index in [1.807, 2.05) is 11.0 Å². The first-order chi connectivity index (χ1) is 16.9. The van der Waals surface area contributed by atoms with Crippen molar-refractivity contribution in [3.63, 3.8) is 0 Å². The van der Waals surface area contributed by atoms with Gasteiger partial charge >= 0.3 is 5.97 Å². The van der Waals surface area contributed by atoms with E-state index in [9.17, 15) is 18.8 Å². The van der Waals surface area contributed by atoms with E-state index in [-0.39, 0.29) is 40.3 Å². The largest absolute Gasteiger partial charge is 0.469 e. The number of piperidine rings is 1. The van der Waals surface area contributed by atoms with E-state index in [2.05, 4.69) is 15.0 Å². The van der Waals surface area contributed by atoms with Crippen molar-refractivity contribution in [3.8, 4) is 0 Å². The van der Waals surface area contributed by atoms with E-state index >= 15 is 0 Å². The van der Waals surface area contributed by atoms with Crippen LogP contribution in [0.2, 0.25) is 0 Å². The number of rotatable bonds is 9. The lowest BCUT2D eigenvalue weighted by atomic mass is 9.93. The Balaban J connectivity index is 1.60.